The van der Waals surface area contributed by atoms with E-state index in [1.165, 1.54) is 18.2 Å². The van der Waals surface area contributed by atoms with Crippen LogP contribution in [0.25, 0.3) is 0 Å². The van der Waals surface area contributed by atoms with Crippen molar-refractivity contribution in [2.75, 3.05) is 11.5 Å². The van der Waals surface area contributed by atoms with E-state index < -0.39 is 15.7 Å². The molecule has 1 aliphatic rings. The van der Waals surface area contributed by atoms with E-state index >= 15 is 0 Å². The Morgan fingerprint density at radius 3 is 2.72 bits per heavy atom. The molecule has 1 N–H and O–H groups in total. The Labute approximate surface area is 118 Å². The predicted molar refractivity (Wildman–Crippen MR) is 73.6 cm³/mol. The first-order chi connectivity index (χ1) is 8.37. The summed E-state index contributed by atoms with van der Waals surface area (Å²) in [5, 5.41) is 2.67. The van der Waals surface area contributed by atoms with Crippen molar-refractivity contribution in [1.29, 1.82) is 0 Å². The number of sulfone groups is 1. The summed E-state index contributed by atoms with van der Waals surface area (Å²) in [5.41, 5.74) is 0.362. The van der Waals surface area contributed by atoms with Crippen LogP contribution in [0.5, 0.6) is 0 Å². The lowest BCUT2D eigenvalue weighted by Crippen LogP contribution is -2.36. The fourth-order valence-corrected chi connectivity index (χ4v) is 4.24. The number of carbonyl (C=O) groups excluding carboxylic acids is 1. The quantitative estimate of drug-likeness (QED) is 0.785. The predicted octanol–water partition coefficient (Wildman–Crippen LogP) is 1.35. The lowest BCUT2D eigenvalue weighted by Gasteiger charge is -2.11. The summed E-state index contributed by atoms with van der Waals surface area (Å²) in [6.07, 6.45) is 0.436. The standard InChI is InChI=1S/C11H11FINO3S/c12-7-1-2-9(10(13)5-7)11(15)14-8-3-4-18(16,17)6-8/h1-2,5,8H,3-4,6H2,(H,14,15). The van der Waals surface area contributed by atoms with Gasteiger partial charge in [0.2, 0.25) is 0 Å². The van der Waals surface area contributed by atoms with Crippen LogP contribution < -0.4 is 5.32 Å². The number of hydrogen-bond acceptors (Lipinski definition) is 3. The molecule has 1 saturated heterocycles. The van der Waals surface area contributed by atoms with Gasteiger partial charge >= 0.3 is 0 Å². The summed E-state index contributed by atoms with van der Waals surface area (Å²) in [6.45, 7) is 0. The highest BCUT2D eigenvalue weighted by atomic mass is 127. The molecule has 1 aliphatic heterocycles. The van der Waals surface area contributed by atoms with Gasteiger partial charge in [-0.1, -0.05) is 0 Å². The minimum Gasteiger partial charge on any atom is -0.348 e. The van der Waals surface area contributed by atoms with E-state index in [1.807, 2.05) is 22.6 Å². The summed E-state index contributed by atoms with van der Waals surface area (Å²) < 4.78 is 35.9. The summed E-state index contributed by atoms with van der Waals surface area (Å²) in [6, 6.07) is 3.53. The minimum atomic E-state index is -3.02. The van der Waals surface area contributed by atoms with Crippen molar-refractivity contribution in [2.24, 2.45) is 0 Å². The molecule has 1 amide bonds. The highest BCUT2D eigenvalue weighted by Gasteiger charge is 2.29. The van der Waals surface area contributed by atoms with Gasteiger partial charge in [0, 0.05) is 9.61 Å². The van der Waals surface area contributed by atoms with Crippen LogP contribution in [0.4, 0.5) is 4.39 Å². The van der Waals surface area contributed by atoms with E-state index in [2.05, 4.69) is 5.32 Å². The molecule has 1 unspecified atom stereocenters. The molecule has 1 aromatic rings. The molecule has 0 aliphatic carbocycles. The number of nitrogens with one attached hydrogen (secondary N) is 1. The fourth-order valence-electron chi connectivity index (χ4n) is 1.85. The average Bonchev–Trinajstić information content (AvgIpc) is 2.57. The van der Waals surface area contributed by atoms with Crippen molar-refractivity contribution >= 4 is 38.3 Å². The molecule has 0 aromatic heterocycles. The van der Waals surface area contributed by atoms with E-state index in [1.54, 1.807) is 0 Å². The Morgan fingerprint density at radius 1 is 1.44 bits per heavy atom. The fraction of sp³-hybridized carbons (Fsp3) is 0.364. The van der Waals surface area contributed by atoms with Crippen LogP contribution in [0.15, 0.2) is 18.2 Å². The number of halogens is 2. The van der Waals surface area contributed by atoms with Gasteiger partial charge in [-0.25, -0.2) is 12.8 Å². The van der Waals surface area contributed by atoms with Crippen molar-refractivity contribution < 1.29 is 17.6 Å². The molecule has 1 heterocycles. The van der Waals surface area contributed by atoms with Crippen LogP contribution >= 0.6 is 22.6 Å². The topological polar surface area (TPSA) is 63.2 Å². The minimum absolute atomic E-state index is 0.0173. The Hall–Kier alpha value is -0.700. The summed E-state index contributed by atoms with van der Waals surface area (Å²) >= 11 is 1.88. The van der Waals surface area contributed by atoms with Crippen molar-refractivity contribution in [3.63, 3.8) is 0 Å². The highest BCUT2D eigenvalue weighted by Crippen LogP contribution is 2.16. The molecular formula is C11H11FINO3S. The molecule has 0 radical (unpaired) electrons. The number of amides is 1. The number of carbonyl (C=O) groups is 1. The number of hydrogen-bond donors (Lipinski definition) is 1. The van der Waals surface area contributed by atoms with Crippen LogP contribution in [0, 0.1) is 9.39 Å². The van der Waals surface area contributed by atoms with Crippen molar-refractivity contribution in [3.05, 3.63) is 33.1 Å². The maximum Gasteiger partial charge on any atom is 0.252 e. The monoisotopic (exact) mass is 383 g/mol. The van der Waals surface area contributed by atoms with Gasteiger partial charge in [-0.05, 0) is 47.2 Å². The smallest absolute Gasteiger partial charge is 0.252 e. The van der Waals surface area contributed by atoms with Crippen LogP contribution in [0.1, 0.15) is 16.8 Å². The maximum absolute atomic E-state index is 12.9. The Balaban J connectivity index is 2.09. The van der Waals surface area contributed by atoms with Crippen LogP contribution in [-0.2, 0) is 9.84 Å². The molecule has 7 heteroatoms. The van der Waals surface area contributed by atoms with E-state index in [4.69, 9.17) is 0 Å². The molecule has 1 atom stereocenters. The summed E-state index contributed by atoms with van der Waals surface area (Å²) in [4.78, 5) is 11.9. The normalized spacial score (nSPS) is 21.8. The number of benzene rings is 1. The third kappa shape index (κ3) is 3.19. The van der Waals surface area contributed by atoms with Gasteiger partial charge in [0.05, 0.1) is 17.1 Å². The van der Waals surface area contributed by atoms with Gasteiger partial charge in [0.25, 0.3) is 5.91 Å². The molecule has 1 aromatic carbocycles. The summed E-state index contributed by atoms with van der Waals surface area (Å²) in [5.74, 6) is -0.671. The van der Waals surface area contributed by atoms with Gasteiger partial charge in [-0.3, -0.25) is 4.79 Å². The molecule has 0 bridgehead atoms. The Morgan fingerprint density at radius 2 is 2.17 bits per heavy atom. The zero-order valence-corrected chi connectivity index (χ0v) is 12.3. The molecular weight excluding hydrogens is 372 g/mol. The number of rotatable bonds is 2. The van der Waals surface area contributed by atoms with Crippen molar-refractivity contribution in [3.8, 4) is 0 Å². The van der Waals surface area contributed by atoms with Crippen molar-refractivity contribution in [2.45, 2.75) is 12.5 Å². The second kappa shape index (κ2) is 5.12. The zero-order valence-electron chi connectivity index (χ0n) is 9.32. The molecule has 2 rings (SSSR count). The molecule has 1 fully saturated rings. The lowest BCUT2D eigenvalue weighted by atomic mass is 10.2. The van der Waals surface area contributed by atoms with Crippen LogP contribution in [0.3, 0.4) is 0 Å². The maximum atomic E-state index is 12.9. The Bertz CT molecular complexity index is 588. The van der Waals surface area contributed by atoms with Crippen LogP contribution in [-0.4, -0.2) is 31.9 Å². The first-order valence-corrected chi connectivity index (χ1v) is 8.24. The largest absolute Gasteiger partial charge is 0.348 e. The van der Waals surface area contributed by atoms with Crippen LogP contribution in [0.2, 0.25) is 0 Å². The molecule has 98 valence electrons. The van der Waals surface area contributed by atoms with E-state index in [9.17, 15) is 17.6 Å². The first kappa shape index (κ1) is 13.7. The second-order valence-electron chi connectivity index (χ2n) is 4.20. The van der Waals surface area contributed by atoms with Gasteiger partial charge < -0.3 is 5.32 Å². The molecule has 0 spiro atoms. The third-order valence-corrected chi connectivity index (χ3v) is 5.40. The molecule has 4 nitrogen and oxygen atoms in total. The van der Waals surface area contributed by atoms with Crippen molar-refractivity contribution in [1.82, 2.24) is 5.32 Å². The average molecular weight is 383 g/mol. The van der Waals surface area contributed by atoms with Gasteiger partial charge in [-0.15, -0.1) is 0 Å². The third-order valence-electron chi connectivity index (χ3n) is 2.74. The van der Waals surface area contributed by atoms with E-state index in [0.717, 1.165) is 0 Å². The summed E-state index contributed by atoms with van der Waals surface area (Å²) in [7, 11) is -3.02. The SMILES string of the molecule is O=C(NC1CCS(=O)(=O)C1)c1ccc(F)cc1I. The highest BCUT2D eigenvalue weighted by molar-refractivity contribution is 14.1. The van der Waals surface area contributed by atoms with E-state index in [-0.39, 0.29) is 23.5 Å². The second-order valence-corrected chi connectivity index (χ2v) is 7.59. The lowest BCUT2D eigenvalue weighted by molar-refractivity contribution is 0.0940. The van der Waals surface area contributed by atoms with E-state index in [0.29, 0.717) is 15.6 Å². The van der Waals surface area contributed by atoms with Gasteiger partial charge in [-0.2, -0.15) is 0 Å². The first-order valence-electron chi connectivity index (χ1n) is 5.34. The molecule has 0 saturated carbocycles. The zero-order chi connectivity index (χ0) is 13.3. The van der Waals surface area contributed by atoms with Gasteiger partial charge in [0.15, 0.2) is 9.84 Å². The Kier molecular flexibility index (Phi) is 3.90. The van der Waals surface area contributed by atoms with Gasteiger partial charge in [0.1, 0.15) is 5.82 Å². The molecule has 18 heavy (non-hydrogen) atoms.